The predicted octanol–water partition coefficient (Wildman–Crippen LogP) is 5.21. The predicted molar refractivity (Wildman–Crippen MR) is 107 cm³/mol. The molecule has 0 aliphatic rings. The molecular formula is C20H25BrN2O3. The molecule has 0 radical (unpaired) electrons. The van der Waals surface area contributed by atoms with Gasteiger partial charge in [-0.1, -0.05) is 41.3 Å². The Morgan fingerprint density at radius 2 is 1.92 bits per heavy atom. The molecular weight excluding hydrogens is 396 g/mol. The van der Waals surface area contributed by atoms with Crippen LogP contribution in [-0.2, 0) is 4.79 Å². The van der Waals surface area contributed by atoms with E-state index in [1.165, 1.54) is 0 Å². The van der Waals surface area contributed by atoms with Crippen LogP contribution in [0.25, 0.3) is 0 Å². The quantitative estimate of drug-likeness (QED) is 0.506. The van der Waals surface area contributed by atoms with Gasteiger partial charge in [0.25, 0.3) is 0 Å². The molecule has 0 unspecified atom stereocenters. The summed E-state index contributed by atoms with van der Waals surface area (Å²) in [7, 11) is 1.55. The Balaban J connectivity index is 1.50. The minimum atomic E-state index is 0.0243. The van der Waals surface area contributed by atoms with E-state index >= 15 is 0 Å². The molecule has 0 spiro atoms. The third-order valence-electron chi connectivity index (χ3n) is 3.84. The minimum absolute atomic E-state index is 0.0243. The number of amides is 1. The standard InChI is InChI=1S/C20H25BrN2O3/c1-25-20-15-17(11-12-22-20)23-19(24)10-5-3-2-4-6-13-26-18-9-7-8-16(21)14-18/h7-9,11-12,14-15H,2-6,10,13H2,1H3,(H,22,23,24). The normalized spacial score (nSPS) is 10.4. The van der Waals surface area contributed by atoms with Gasteiger partial charge >= 0.3 is 0 Å². The number of hydrogen-bond donors (Lipinski definition) is 1. The highest BCUT2D eigenvalue weighted by Gasteiger charge is 2.04. The van der Waals surface area contributed by atoms with Crippen molar-refractivity contribution < 1.29 is 14.3 Å². The number of unbranched alkanes of at least 4 members (excludes halogenated alkanes) is 4. The number of nitrogens with one attached hydrogen (secondary N) is 1. The van der Waals surface area contributed by atoms with E-state index in [0.29, 0.717) is 18.0 Å². The summed E-state index contributed by atoms with van der Waals surface area (Å²) < 4.78 is 11.8. The smallest absolute Gasteiger partial charge is 0.224 e. The van der Waals surface area contributed by atoms with Gasteiger partial charge in [0.15, 0.2) is 0 Å². The minimum Gasteiger partial charge on any atom is -0.494 e. The maximum absolute atomic E-state index is 11.9. The first-order chi connectivity index (χ1) is 12.7. The van der Waals surface area contributed by atoms with E-state index in [9.17, 15) is 4.79 Å². The molecule has 2 rings (SSSR count). The Morgan fingerprint density at radius 3 is 2.73 bits per heavy atom. The second-order valence-corrected chi connectivity index (χ2v) is 6.87. The topological polar surface area (TPSA) is 60.5 Å². The molecule has 1 aromatic heterocycles. The van der Waals surface area contributed by atoms with Gasteiger partial charge in [0.2, 0.25) is 11.8 Å². The molecule has 26 heavy (non-hydrogen) atoms. The number of carbonyl (C=O) groups is 1. The Kier molecular flexibility index (Phi) is 8.96. The average Bonchev–Trinajstić information content (AvgIpc) is 2.64. The van der Waals surface area contributed by atoms with Crippen molar-refractivity contribution in [2.24, 2.45) is 0 Å². The number of hydrogen-bond acceptors (Lipinski definition) is 4. The van der Waals surface area contributed by atoms with Gasteiger partial charge in [-0.3, -0.25) is 4.79 Å². The highest BCUT2D eigenvalue weighted by Crippen LogP contribution is 2.18. The molecule has 1 heterocycles. The van der Waals surface area contributed by atoms with Gasteiger partial charge in [-0.15, -0.1) is 0 Å². The number of pyridine rings is 1. The zero-order valence-corrected chi connectivity index (χ0v) is 16.6. The number of rotatable bonds is 11. The number of benzene rings is 1. The summed E-state index contributed by atoms with van der Waals surface area (Å²) in [6, 6.07) is 11.3. The van der Waals surface area contributed by atoms with Gasteiger partial charge in [0.05, 0.1) is 13.7 Å². The van der Waals surface area contributed by atoms with E-state index in [2.05, 4.69) is 26.2 Å². The molecule has 1 aromatic carbocycles. The highest BCUT2D eigenvalue weighted by molar-refractivity contribution is 9.10. The van der Waals surface area contributed by atoms with Gasteiger partial charge in [0, 0.05) is 28.8 Å². The molecule has 0 saturated heterocycles. The maximum Gasteiger partial charge on any atom is 0.224 e. The third-order valence-corrected chi connectivity index (χ3v) is 4.33. The molecule has 0 fully saturated rings. The number of methoxy groups -OCH3 is 1. The number of aromatic nitrogens is 1. The summed E-state index contributed by atoms with van der Waals surface area (Å²) in [5, 5.41) is 2.87. The van der Waals surface area contributed by atoms with Crippen LogP contribution < -0.4 is 14.8 Å². The van der Waals surface area contributed by atoms with Crippen molar-refractivity contribution in [2.45, 2.75) is 38.5 Å². The van der Waals surface area contributed by atoms with Crippen LogP contribution in [-0.4, -0.2) is 24.6 Å². The van der Waals surface area contributed by atoms with Crippen LogP contribution in [0, 0.1) is 0 Å². The Labute approximate surface area is 163 Å². The zero-order chi connectivity index (χ0) is 18.6. The van der Waals surface area contributed by atoms with E-state index in [0.717, 1.165) is 48.9 Å². The lowest BCUT2D eigenvalue weighted by Gasteiger charge is -2.07. The van der Waals surface area contributed by atoms with Crippen molar-refractivity contribution >= 4 is 27.5 Å². The first-order valence-corrected chi connectivity index (χ1v) is 9.65. The van der Waals surface area contributed by atoms with Crippen LogP contribution >= 0.6 is 15.9 Å². The van der Waals surface area contributed by atoms with E-state index < -0.39 is 0 Å². The zero-order valence-electron chi connectivity index (χ0n) is 15.0. The van der Waals surface area contributed by atoms with Crippen molar-refractivity contribution in [1.29, 1.82) is 0 Å². The SMILES string of the molecule is COc1cc(NC(=O)CCCCCCCOc2cccc(Br)c2)ccn1. The third kappa shape index (κ3) is 7.87. The molecule has 140 valence electrons. The lowest BCUT2D eigenvalue weighted by molar-refractivity contribution is -0.116. The second kappa shape index (κ2) is 11.5. The number of halogens is 1. The highest BCUT2D eigenvalue weighted by atomic mass is 79.9. The average molecular weight is 421 g/mol. The second-order valence-electron chi connectivity index (χ2n) is 5.96. The van der Waals surface area contributed by atoms with Gasteiger partial charge < -0.3 is 14.8 Å². The summed E-state index contributed by atoms with van der Waals surface area (Å²) in [5.74, 6) is 1.41. The summed E-state index contributed by atoms with van der Waals surface area (Å²) in [6.07, 6.45) is 7.32. The van der Waals surface area contributed by atoms with Crippen LogP contribution in [0.4, 0.5) is 5.69 Å². The summed E-state index contributed by atoms with van der Waals surface area (Å²) in [4.78, 5) is 15.9. The van der Waals surface area contributed by atoms with Gasteiger partial charge in [-0.25, -0.2) is 4.98 Å². The largest absolute Gasteiger partial charge is 0.494 e. The van der Waals surface area contributed by atoms with E-state index in [4.69, 9.17) is 9.47 Å². The number of nitrogens with zero attached hydrogens (tertiary/aromatic N) is 1. The fourth-order valence-electron chi connectivity index (χ4n) is 2.49. The van der Waals surface area contributed by atoms with E-state index in [1.807, 2.05) is 24.3 Å². The molecule has 1 N–H and O–H groups in total. The van der Waals surface area contributed by atoms with Crippen molar-refractivity contribution in [3.63, 3.8) is 0 Å². The summed E-state index contributed by atoms with van der Waals surface area (Å²) in [6.45, 7) is 0.723. The molecule has 2 aromatic rings. The Bertz CT molecular complexity index is 694. The number of ether oxygens (including phenoxy) is 2. The lowest BCUT2D eigenvalue weighted by Crippen LogP contribution is -2.11. The van der Waals surface area contributed by atoms with Crippen LogP contribution in [0.15, 0.2) is 47.1 Å². The molecule has 0 aliphatic carbocycles. The fraction of sp³-hybridized carbons (Fsp3) is 0.400. The Morgan fingerprint density at radius 1 is 1.12 bits per heavy atom. The van der Waals surface area contributed by atoms with Crippen LogP contribution in [0.3, 0.4) is 0 Å². The van der Waals surface area contributed by atoms with E-state index in [1.54, 1.807) is 25.4 Å². The number of anilines is 1. The van der Waals surface area contributed by atoms with Crippen molar-refractivity contribution in [1.82, 2.24) is 4.98 Å². The van der Waals surface area contributed by atoms with Gasteiger partial charge in [-0.05, 0) is 37.1 Å². The monoisotopic (exact) mass is 420 g/mol. The first kappa shape index (κ1) is 20.2. The van der Waals surface area contributed by atoms with Crippen molar-refractivity contribution in [3.05, 3.63) is 47.1 Å². The van der Waals surface area contributed by atoms with E-state index in [-0.39, 0.29) is 5.91 Å². The van der Waals surface area contributed by atoms with Crippen molar-refractivity contribution in [3.8, 4) is 11.6 Å². The summed E-state index contributed by atoms with van der Waals surface area (Å²) in [5.41, 5.74) is 0.714. The number of carbonyl (C=O) groups excluding carboxylic acids is 1. The van der Waals surface area contributed by atoms with Crippen molar-refractivity contribution in [2.75, 3.05) is 19.0 Å². The molecule has 6 heteroatoms. The Hall–Kier alpha value is -2.08. The molecule has 1 amide bonds. The van der Waals surface area contributed by atoms with Gasteiger partial charge in [-0.2, -0.15) is 0 Å². The first-order valence-electron chi connectivity index (χ1n) is 8.85. The lowest BCUT2D eigenvalue weighted by atomic mass is 10.1. The molecule has 5 nitrogen and oxygen atoms in total. The van der Waals surface area contributed by atoms with Crippen LogP contribution in [0.2, 0.25) is 0 Å². The van der Waals surface area contributed by atoms with Crippen LogP contribution in [0.5, 0.6) is 11.6 Å². The van der Waals surface area contributed by atoms with Crippen LogP contribution in [0.1, 0.15) is 38.5 Å². The fourth-order valence-corrected chi connectivity index (χ4v) is 2.87. The molecule has 0 atom stereocenters. The molecule has 0 bridgehead atoms. The molecule has 0 aliphatic heterocycles. The summed E-state index contributed by atoms with van der Waals surface area (Å²) >= 11 is 3.43. The maximum atomic E-state index is 11.9. The van der Waals surface area contributed by atoms with Gasteiger partial charge in [0.1, 0.15) is 5.75 Å². The molecule has 0 saturated carbocycles.